The van der Waals surface area contributed by atoms with Crippen LogP contribution >= 0.6 is 0 Å². The van der Waals surface area contributed by atoms with Crippen molar-refractivity contribution in [1.29, 1.82) is 0 Å². The summed E-state index contributed by atoms with van der Waals surface area (Å²) in [7, 11) is 0. The van der Waals surface area contributed by atoms with Gasteiger partial charge in [0, 0.05) is 13.2 Å². The molecule has 1 heterocycles. The third-order valence-electron chi connectivity index (χ3n) is 2.90. The molecule has 1 N–H and O–H groups in total. The molecule has 0 bridgehead atoms. The van der Waals surface area contributed by atoms with Crippen LogP contribution in [0.3, 0.4) is 0 Å². The maximum Gasteiger partial charge on any atom is 0.410 e. The topological polar surface area (TPSA) is 68.2 Å². The van der Waals surface area contributed by atoms with Crippen molar-refractivity contribution in [1.82, 2.24) is 4.90 Å². The first-order valence-corrected chi connectivity index (χ1v) is 7.17. The van der Waals surface area contributed by atoms with Gasteiger partial charge in [0.15, 0.2) is 0 Å². The van der Waals surface area contributed by atoms with Crippen LogP contribution in [-0.4, -0.2) is 66.8 Å². The Labute approximate surface area is 121 Å². The van der Waals surface area contributed by atoms with Crippen molar-refractivity contribution in [3.8, 4) is 0 Å². The minimum absolute atomic E-state index is 0.0628. The van der Waals surface area contributed by atoms with Gasteiger partial charge in [0.25, 0.3) is 0 Å². The largest absolute Gasteiger partial charge is 0.444 e. The zero-order chi connectivity index (χ0) is 15.2. The summed E-state index contributed by atoms with van der Waals surface area (Å²) in [5, 5.41) is 9.27. The number of carbonyl (C=O) groups is 1. The van der Waals surface area contributed by atoms with Crippen LogP contribution in [-0.2, 0) is 14.2 Å². The van der Waals surface area contributed by atoms with Crippen molar-refractivity contribution in [2.45, 2.75) is 51.9 Å². The summed E-state index contributed by atoms with van der Waals surface area (Å²) >= 11 is 0. The number of ether oxygens (including phenoxy) is 3. The normalized spacial score (nSPS) is 24.9. The molecule has 6 heteroatoms. The van der Waals surface area contributed by atoms with Gasteiger partial charge in [0.1, 0.15) is 5.60 Å². The highest BCUT2D eigenvalue weighted by Gasteiger charge is 2.29. The van der Waals surface area contributed by atoms with Crippen LogP contribution in [0.25, 0.3) is 0 Å². The smallest absolute Gasteiger partial charge is 0.410 e. The second-order valence-corrected chi connectivity index (χ2v) is 5.93. The highest BCUT2D eigenvalue weighted by Crippen LogP contribution is 2.15. The summed E-state index contributed by atoms with van der Waals surface area (Å²) in [6.07, 6.45) is -0.132. The minimum Gasteiger partial charge on any atom is -0.444 e. The molecular weight excluding hydrogens is 262 g/mol. The van der Waals surface area contributed by atoms with Gasteiger partial charge in [-0.2, -0.15) is 0 Å². The van der Waals surface area contributed by atoms with Gasteiger partial charge in [0.2, 0.25) is 0 Å². The second kappa shape index (κ2) is 7.81. The van der Waals surface area contributed by atoms with Gasteiger partial charge in [0.05, 0.1) is 31.9 Å². The molecule has 0 aromatic heterocycles. The minimum atomic E-state index is -0.546. The van der Waals surface area contributed by atoms with E-state index in [1.165, 1.54) is 0 Å². The number of carbonyl (C=O) groups excluding carboxylic acids is 1. The Balaban J connectivity index is 2.71. The number of aliphatic hydroxyl groups is 1. The van der Waals surface area contributed by atoms with E-state index in [1.54, 1.807) is 4.90 Å². The lowest BCUT2D eigenvalue weighted by Gasteiger charge is -2.34. The fourth-order valence-electron chi connectivity index (χ4n) is 2.03. The molecule has 20 heavy (non-hydrogen) atoms. The fourth-order valence-corrected chi connectivity index (χ4v) is 2.03. The number of hydrogen-bond donors (Lipinski definition) is 1. The van der Waals surface area contributed by atoms with Crippen LogP contribution in [0.1, 0.15) is 34.1 Å². The first-order valence-electron chi connectivity index (χ1n) is 7.17. The molecular formula is C14H27NO5. The molecule has 1 aliphatic rings. The maximum absolute atomic E-state index is 12.2. The van der Waals surface area contributed by atoms with Crippen molar-refractivity contribution < 1.29 is 24.1 Å². The van der Waals surface area contributed by atoms with E-state index >= 15 is 0 Å². The van der Waals surface area contributed by atoms with E-state index in [4.69, 9.17) is 14.2 Å². The zero-order valence-corrected chi connectivity index (χ0v) is 12.9. The molecule has 0 radical (unpaired) electrons. The van der Waals surface area contributed by atoms with E-state index in [0.29, 0.717) is 32.7 Å². The number of amides is 1. The molecule has 0 saturated carbocycles. The number of aliphatic hydroxyl groups excluding tert-OH is 1. The molecule has 118 valence electrons. The quantitative estimate of drug-likeness (QED) is 0.851. The Morgan fingerprint density at radius 1 is 1.40 bits per heavy atom. The molecule has 1 aliphatic heterocycles. The first-order chi connectivity index (χ1) is 9.35. The third-order valence-corrected chi connectivity index (χ3v) is 2.90. The summed E-state index contributed by atoms with van der Waals surface area (Å²) in [5.74, 6) is 0. The second-order valence-electron chi connectivity index (χ2n) is 5.93. The predicted molar refractivity (Wildman–Crippen MR) is 74.7 cm³/mol. The molecule has 1 amide bonds. The van der Waals surface area contributed by atoms with Gasteiger partial charge in [-0.3, -0.25) is 0 Å². The van der Waals surface area contributed by atoms with Gasteiger partial charge >= 0.3 is 6.09 Å². The Kier molecular flexibility index (Phi) is 6.71. The Bertz CT molecular complexity index is 302. The third kappa shape index (κ3) is 6.07. The molecule has 6 nitrogen and oxygen atoms in total. The van der Waals surface area contributed by atoms with Gasteiger partial charge in [-0.1, -0.05) is 0 Å². The average Bonchev–Trinajstić information content (AvgIpc) is 2.30. The molecule has 1 saturated heterocycles. The van der Waals surface area contributed by atoms with Crippen molar-refractivity contribution in [2.24, 2.45) is 0 Å². The highest BCUT2D eigenvalue weighted by molar-refractivity contribution is 5.68. The van der Waals surface area contributed by atoms with Crippen LogP contribution in [0.2, 0.25) is 0 Å². The maximum atomic E-state index is 12.2. The van der Waals surface area contributed by atoms with E-state index in [0.717, 1.165) is 0 Å². The highest BCUT2D eigenvalue weighted by atomic mass is 16.6. The van der Waals surface area contributed by atoms with Crippen LogP contribution in [0.4, 0.5) is 4.79 Å². The van der Waals surface area contributed by atoms with Gasteiger partial charge in [-0.05, 0) is 34.1 Å². The van der Waals surface area contributed by atoms with Crippen molar-refractivity contribution >= 4 is 6.09 Å². The van der Waals surface area contributed by atoms with E-state index in [1.807, 2.05) is 27.7 Å². The van der Waals surface area contributed by atoms with Crippen LogP contribution in [0.15, 0.2) is 0 Å². The molecule has 1 rings (SSSR count). The molecule has 2 atom stereocenters. The molecule has 0 aromatic carbocycles. The van der Waals surface area contributed by atoms with E-state index in [9.17, 15) is 9.90 Å². The van der Waals surface area contributed by atoms with Crippen molar-refractivity contribution in [3.63, 3.8) is 0 Å². The molecule has 0 aliphatic carbocycles. The average molecular weight is 289 g/mol. The molecule has 1 unspecified atom stereocenters. The van der Waals surface area contributed by atoms with Gasteiger partial charge in [-0.25, -0.2) is 4.79 Å². The Hall–Kier alpha value is -0.850. The first kappa shape index (κ1) is 17.2. The van der Waals surface area contributed by atoms with Crippen LogP contribution in [0.5, 0.6) is 0 Å². The fraction of sp³-hybridized carbons (Fsp3) is 0.929. The summed E-state index contributed by atoms with van der Waals surface area (Å²) in [6, 6.07) is 0. The number of hydrogen-bond acceptors (Lipinski definition) is 5. The Morgan fingerprint density at radius 2 is 2.10 bits per heavy atom. The molecule has 1 fully saturated rings. The lowest BCUT2D eigenvalue weighted by Crippen LogP contribution is -2.48. The monoisotopic (exact) mass is 289 g/mol. The zero-order valence-electron chi connectivity index (χ0n) is 12.9. The lowest BCUT2D eigenvalue weighted by atomic mass is 10.2. The van der Waals surface area contributed by atoms with E-state index in [2.05, 4.69) is 0 Å². The SMILES string of the molecule is CCOC1CCO[C@H](CO)CN(C(=O)OC(C)(C)C)C1. The van der Waals surface area contributed by atoms with Crippen LogP contribution < -0.4 is 0 Å². The molecule has 0 spiro atoms. The summed E-state index contributed by atoms with van der Waals surface area (Å²) < 4.78 is 16.5. The standard InChI is InChI=1S/C14H27NO5/c1-5-18-11-6-7-19-12(10-16)9-15(8-11)13(17)20-14(2,3)4/h11-12,16H,5-10H2,1-4H3/t11?,12-/m0/s1. The van der Waals surface area contributed by atoms with Crippen molar-refractivity contribution in [2.75, 3.05) is 32.9 Å². The molecule has 0 aromatic rings. The lowest BCUT2D eigenvalue weighted by molar-refractivity contribution is -0.0678. The predicted octanol–water partition coefficient (Wildman–Crippen LogP) is 1.41. The van der Waals surface area contributed by atoms with Crippen LogP contribution in [0, 0.1) is 0 Å². The number of nitrogens with zero attached hydrogens (tertiary/aromatic N) is 1. The van der Waals surface area contributed by atoms with Gasteiger partial charge < -0.3 is 24.2 Å². The van der Waals surface area contributed by atoms with Crippen molar-refractivity contribution in [3.05, 3.63) is 0 Å². The summed E-state index contributed by atoms with van der Waals surface area (Å²) in [6.45, 7) is 9.19. The van der Waals surface area contributed by atoms with E-state index in [-0.39, 0.29) is 18.8 Å². The Morgan fingerprint density at radius 3 is 2.65 bits per heavy atom. The number of rotatable bonds is 3. The van der Waals surface area contributed by atoms with E-state index < -0.39 is 11.7 Å². The summed E-state index contributed by atoms with van der Waals surface area (Å²) in [5.41, 5.74) is -0.546. The van der Waals surface area contributed by atoms with Gasteiger partial charge in [-0.15, -0.1) is 0 Å². The summed E-state index contributed by atoms with van der Waals surface area (Å²) in [4.78, 5) is 13.8.